The summed E-state index contributed by atoms with van der Waals surface area (Å²) in [4.78, 5) is 0. The molecule has 0 saturated heterocycles. The van der Waals surface area contributed by atoms with Crippen LogP contribution in [0.2, 0.25) is 0 Å². The molecule has 0 amide bonds. The number of ether oxygens (including phenoxy) is 2. The fourth-order valence-corrected chi connectivity index (χ4v) is 1.90. The largest absolute Gasteiger partial charge is 0.486 e. The van der Waals surface area contributed by atoms with Gasteiger partial charge in [-0.1, -0.05) is 18.2 Å². The maximum absolute atomic E-state index is 5.67. The number of nitrogens with two attached hydrogens (primary N) is 1. The number of rotatable bonds is 1. The third-order valence-electron chi connectivity index (χ3n) is 2.79. The molecule has 1 aliphatic rings. The van der Waals surface area contributed by atoms with Gasteiger partial charge in [0.2, 0.25) is 0 Å². The van der Waals surface area contributed by atoms with Crippen LogP contribution in [0.1, 0.15) is 0 Å². The van der Waals surface area contributed by atoms with E-state index < -0.39 is 0 Å². The zero-order valence-corrected chi connectivity index (χ0v) is 9.35. The zero-order chi connectivity index (χ0) is 11.7. The van der Waals surface area contributed by atoms with Gasteiger partial charge in [0, 0.05) is 5.69 Å². The van der Waals surface area contributed by atoms with Gasteiger partial charge in [0.1, 0.15) is 13.2 Å². The Labute approximate surface area is 99.8 Å². The Morgan fingerprint density at radius 3 is 2.18 bits per heavy atom. The Morgan fingerprint density at radius 1 is 0.765 bits per heavy atom. The topological polar surface area (TPSA) is 44.5 Å². The molecule has 0 aliphatic carbocycles. The average Bonchev–Trinajstić information content (AvgIpc) is 2.39. The highest BCUT2D eigenvalue weighted by Crippen LogP contribution is 2.34. The van der Waals surface area contributed by atoms with Crippen molar-refractivity contribution in [2.45, 2.75) is 0 Å². The molecule has 3 rings (SSSR count). The smallest absolute Gasteiger partial charge is 0.161 e. The zero-order valence-electron chi connectivity index (χ0n) is 9.35. The van der Waals surface area contributed by atoms with Crippen molar-refractivity contribution < 1.29 is 9.47 Å². The minimum atomic E-state index is 0.609. The molecule has 0 atom stereocenters. The Morgan fingerprint density at radius 2 is 1.41 bits per heavy atom. The van der Waals surface area contributed by atoms with Crippen LogP contribution in [0.4, 0.5) is 5.69 Å². The lowest BCUT2D eigenvalue weighted by Crippen LogP contribution is -2.15. The van der Waals surface area contributed by atoms with Crippen molar-refractivity contribution in [1.82, 2.24) is 0 Å². The molecule has 0 fully saturated rings. The second-order valence-corrected chi connectivity index (χ2v) is 3.98. The van der Waals surface area contributed by atoms with Gasteiger partial charge in [0.25, 0.3) is 0 Å². The number of fused-ring (bicyclic) bond motifs is 1. The fraction of sp³-hybridized carbons (Fsp3) is 0.143. The van der Waals surface area contributed by atoms with Crippen LogP contribution in [-0.4, -0.2) is 13.2 Å². The molecule has 0 aromatic heterocycles. The van der Waals surface area contributed by atoms with Gasteiger partial charge in [-0.25, -0.2) is 0 Å². The Bertz CT molecular complexity index is 534. The molecule has 0 spiro atoms. The molecule has 86 valence electrons. The summed E-state index contributed by atoms with van der Waals surface area (Å²) in [5.74, 6) is 1.63. The third-order valence-corrected chi connectivity index (χ3v) is 2.79. The first-order valence-electron chi connectivity index (χ1n) is 5.58. The highest BCUT2D eigenvalue weighted by molar-refractivity contribution is 5.68. The van der Waals surface area contributed by atoms with Crippen LogP contribution in [0, 0.1) is 0 Å². The van der Waals surface area contributed by atoms with Crippen LogP contribution in [0.3, 0.4) is 0 Å². The van der Waals surface area contributed by atoms with Gasteiger partial charge in [0.05, 0.1) is 0 Å². The summed E-state index contributed by atoms with van der Waals surface area (Å²) in [6.07, 6.45) is 0. The van der Waals surface area contributed by atoms with E-state index in [1.165, 1.54) is 0 Å². The van der Waals surface area contributed by atoms with Crippen LogP contribution in [-0.2, 0) is 0 Å². The van der Waals surface area contributed by atoms with E-state index in [2.05, 4.69) is 0 Å². The van der Waals surface area contributed by atoms with Crippen molar-refractivity contribution in [3.05, 3.63) is 42.5 Å². The minimum Gasteiger partial charge on any atom is -0.486 e. The van der Waals surface area contributed by atoms with Gasteiger partial charge in [-0.15, -0.1) is 0 Å². The summed E-state index contributed by atoms with van der Waals surface area (Å²) in [6.45, 7) is 1.23. The maximum atomic E-state index is 5.67. The van der Waals surface area contributed by atoms with E-state index >= 15 is 0 Å². The first kappa shape index (κ1) is 10.0. The average molecular weight is 227 g/mol. The minimum absolute atomic E-state index is 0.609. The molecule has 0 radical (unpaired) electrons. The summed E-state index contributed by atoms with van der Waals surface area (Å²) >= 11 is 0. The molecular weight excluding hydrogens is 214 g/mol. The molecule has 3 nitrogen and oxygen atoms in total. The van der Waals surface area contributed by atoms with E-state index in [4.69, 9.17) is 15.2 Å². The molecular formula is C14H13NO2. The maximum Gasteiger partial charge on any atom is 0.161 e. The highest BCUT2D eigenvalue weighted by atomic mass is 16.6. The van der Waals surface area contributed by atoms with Gasteiger partial charge in [-0.2, -0.15) is 0 Å². The standard InChI is InChI=1S/C14H13NO2/c15-12-4-1-10(2-5-12)11-3-6-13-14(9-11)17-8-7-16-13/h1-6,9H,7-8,15H2. The first-order valence-corrected chi connectivity index (χ1v) is 5.58. The van der Waals surface area contributed by atoms with Crippen molar-refractivity contribution in [2.24, 2.45) is 0 Å². The summed E-state index contributed by atoms with van der Waals surface area (Å²) in [5, 5.41) is 0. The summed E-state index contributed by atoms with van der Waals surface area (Å²) in [7, 11) is 0. The predicted octanol–water partition coefficient (Wildman–Crippen LogP) is 2.71. The van der Waals surface area contributed by atoms with E-state index in [0.29, 0.717) is 13.2 Å². The highest BCUT2D eigenvalue weighted by Gasteiger charge is 2.12. The summed E-state index contributed by atoms with van der Waals surface area (Å²) in [5.41, 5.74) is 8.67. The Balaban J connectivity index is 2.01. The van der Waals surface area contributed by atoms with Crippen LogP contribution >= 0.6 is 0 Å². The second-order valence-electron chi connectivity index (χ2n) is 3.98. The normalized spacial score (nSPS) is 13.4. The van der Waals surface area contributed by atoms with E-state index in [1.54, 1.807) is 0 Å². The van der Waals surface area contributed by atoms with Gasteiger partial charge in [-0.05, 0) is 35.4 Å². The molecule has 0 saturated carbocycles. The Hall–Kier alpha value is -2.16. The summed E-state index contributed by atoms with van der Waals surface area (Å²) in [6, 6.07) is 13.8. The molecule has 2 aromatic rings. The Kier molecular flexibility index (Phi) is 2.37. The van der Waals surface area contributed by atoms with Crippen molar-refractivity contribution >= 4 is 5.69 Å². The van der Waals surface area contributed by atoms with Crippen LogP contribution in [0.5, 0.6) is 11.5 Å². The molecule has 0 unspecified atom stereocenters. The van der Waals surface area contributed by atoms with Gasteiger partial charge < -0.3 is 15.2 Å². The molecule has 2 N–H and O–H groups in total. The van der Waals surface area contributed by atoms with Crippen LogP contribution in [0.25, 0.3) is 11.1 Å². The molecule has 3 heteroatoms. The predicted molar refractivity (Wildman–Crippen MR) is 67.3 cm³/mol. The third kappa shape index (κ3) is 1.91. The van der Waals surface area contributed by atoms with E-state index in [9.17, 15) is 0 Å². The van der Waals surface area contributed by atoms with E-state index in [1.807, 2.05) is 42.5 Å². The lowest BCUT2D eigenvalue weighted by atomic mass is 10.0. The number of benzene rings is 2. The molecule has 17 heavy (non-hydrogen) atoms. The van der Waals surface area contributed by atoms with Gasteiger partial charge >= 0.3 is 0 Å². The number of anilines is 1. The fourth-order valence-electron chi connectivity index (χ4n) is 1.90. The first-order chi connectivity index (χ1) is 8.33. The lowest BCUT2D eigenvalue weighted by Gasteiger charge is -2.18. The van der Waals surface area contributed by atoms with Gasteiger partial charge in [0.15, 0.2) is 11.5 Å². The quantitative estimate of drug-likeness (QED) is 0.762. The van der Waals surface area contributed by atoms with Gasteiger partial charge in [-0.3, -0.25) is 0 Å². The second kappa shape index (κ2) is 4.01. The van der Waals surface area contributed by atoms with Crippen molar-refractivity contribution in [3.63, 3.8) is 0 Å². The molecule has 1 aliphatic heterocycles. The van der Waals surface area contributed by atoms with Crippen molar-refractivity contribution in [1.29, 1.82) is 0 Å². The van der Waals surface area contributed by atoms with E-state index in [-0.39, 0.29) is 0 Å². The lowest BCUT2D eigenvalue weighted by molar-refractivity contribution is 0.171. The number of nitrogen functional groups attached to an aromatic ring is 1. The number of hydrogen-bond donors (Lipinski definition) is 1. The number of hydrogen-bond acceptors (Lipinski definition) is 3. The van der Waals surface area contributed by atoms with Crippen LogP contribution in [0.15, 0.2) is 42.5 Å². The summed E-state index contributed by atoms with van der Waals surface area (Å²) < 4.78 is 11.0. The molecule has 0 bridgehead atoms. The van der Waals surface area contributed by atoms with E-state index in [0.717, 1.165) is 28.3 Å². The molecule has 2 aromatic carbocycles. The van der Waals surface area contributed by atoms with Crippen molar-refractivity contribution in [2.75, 3.05) is 18.9 Å². The molecule has 1 heterocycles. The monoisotopic (exact) mass is 227 g/mol. The van der Waals surface area contributed by atoms with Crippen LogP contribution < -0.4 is 15.2 Å². The SMILES string of the molecule is Nc1ccc(-c2ccc3c(c2)OCCO3)cc1. The van der Waals surface area contributed by atoms with Crippen molar-refractivity contribution in [3.8, 4) is 22.6 Å².